The van der Waals surface area contributed by atoms with Crippen molar-refractivity contribution in [2.24, 2.45) is 0 Å². The van der Waals surface area contributed by atoms with Crippen LogP contribution in [0, 0.1) is 6.92 Å². The number of nitrogens with zero attached hydrogens (tertiary/aromatic N) is 1. The zero-order valence-electron chi connectivity index (χ0n) is 21.7. The second kappa shape index (κ2) is 11.4. The van der Waals surface area contributed by atoms with Gasteiger partial charge in [0.05, 0.1) is 30.8 Å². The van der Waals surface area contributed by atoms with Gasteiger partial charge in [0.1, 0.15) is 0 Å². The minimum atomic E-state index is -3.88. The normalized spacial score (nSPS) is 11.9. The summed E-state index contributed by atoms with van der Waals surface area (Å²) in [6, 6.07) is 28.3. The Morgan fingerprint density at radius 2 is 1.39 bits per heavy atom. The van der Waals surface area contributed by atoms with Gasteiger partial charge < -0.3 is 14.8 Å². The predicted molar refractivity (Wildman–Crippen MR) is 149 cm³/mol. The van der Waals surface area contributed by atoms with Crippen LogP contribution in [0.5, 0.6) is 11.5 Å². The number of anilines is 1. The minimum Gasteiger partial charge on any atom is -0.493 e. The van der Waals surface area contributed by atoms with Crippen molar-refractivity contribution in [1.82, 2.24) is 5.32 Å². The summed E-state index contributed by atoms with van der Waals surface area (Å²) in [6.07, 6.45) is 0. The number of aryl methyl sites for hydroxylation is 1. The molecular weight excluding hydrogens is 500 g/mol. The molecule has 1 atom stereocenters. The molecule has 0 aliphatic rings. The van der Waals surface area contributed by atoms with E-state index in [-0.39, 0.29) is 16.8 Å². The average Bonchev–Trinajstić information content (AvgIpc) is 2.96. The van der Waals surface area contributed by atoms with Crippen LogP contribution in [0.4, 0.5) is 5.69 Å². The molecule has 0 fully saturated rings. The number of amides is 1. The molecule has 196 valence electrons. The number of sulfonamides is 1. The molecule has 4 rings (SSSR count). The maximum Gasteiger partial charge on any atom is 0.264 e. The van der Waals surface area contributed by atoms with Crippen LogP contribution in [-0.2, 0) is 10.0 Å². The Morgan fingerprint density at radius 3 is 2.00 bits per heavy atom. The molecule has 0 aromatic heterocycles. The quantitative estimate of drug-likeness (QED) is 0.315. The third-order valence-electron chi connectivity index (χ3n) is 6.33. The number of ether oxygens (including phenoxy) is 2. The monoisotopic (exact) mass is 530 g/mol. The zero-order valence-corrected chi connectivity index (χ0v) is 22.5. The standard InChI is InChI=1S/C30H30N2O5S/c1-21-10-12-23(13-11-21)29(22-8-6-5-7-9-22)31-30(33)24-14-16-25(17-15-24)32(2)38(34,35)26-18-19-27(36-3)28(20-26)37-4/h5-20,29H,1-4H3,(H,31,33)/t29-/m0/s1. The molecule has 4 aromatic carbocycles. The van der Waals surface area contributed by atoms with Gasteiger partial charge in [0.2, 0.25) is 0 Å². The zero-order chi connectivity index (χ0) is 27.3. The van der Waals surface area contributed by atoms with E-state index in [1.54, 1.807) is 30.3 Å². The van der Waals surface area contributed by atoms with Crippen molar-refractivity contribution < 1.29 is 22.7 Å². The number of benzene rings is 4. The fourth-order valence-electron chi connectivity index (χ4n) is 4.07. The average molecular weight is 531 g/mol. The fourth-order valence-corrected chi connectivity index (χ4v) is 5.29. The Morgan fingerprint density at radius 1 is 0.789 bits per heavy atom. The highest BCUT2D eigenvalue weighted by Crippen LogP contribution is 2.32. The molecule has 0 saturated carbocycles. The predicted octanol–water partition coefficient (Wildman–Crippen LogP) is 5.36. The number of carbonyl (C=O) groups excluding carboxylic acids is 1. The molecule has 0 aliphatic heterocycles. The Labute approximate surface area is 223 Å². The number of rotatable bonds is 9. The maximum absolute atomic E-state index is 13.3. The van der Waals surface area contributed by atoms with Crippen LogP contribution in [0.3, 0.4) is 0 Å². The van der Waals surface area contributed by atoms with E-state index >= 15 is 0 Å². The molecule has 0 saturated heterocycles. The lowest BCUT2D eigenvalue weighted by atomic mass is 9.97. The van der Waals surface area contributed by atoms with E-state index < -0.39 is 10.0 Å². The summed E-state index contributed by atoms with van der Waals surface area (Å²) in [5.41, 5.74) is 3.89. The lowest BCUT2D eigenvalue weighted by Crippen LogP contribution is -2.29. The summed E-state index contributed by atoms with van der Waals surface area (Å²) in [6.45, 7) is 2.02. The molecule has 1 amide bonds. The first-order chi connectivity index (χ1) is 18.2. The van der Waals surface area contributed by atoms with Crippen LogP contribution in [0.15, 0.2) is 102 Å². The lowest BCUT2D eigenvalue weighted by molar-refractivity contribution is 0.0943. The van der Waals surface area contributed by atoms with E-state index in [2.05, 4.69) is 5.32 Å². The highest BCUT2D eigenvalue weighted by Gasteiger charge is 2.24. The molecule has 0 unspecified atom stereocenters. The van der Waals surface area contributed by atoms with Gasteiger partial charge in [-0.25, -0.2) is 8.42 Å². The van der Waals surface area contributed by atoms with Crippen molar-refractivity contribution in [1.29, 1.82) is 0 Å². The van der Waals surface area contributed by atoms with Gasteiger partial charge in [0.25, 0.3) is 15.9 Å². The molecule has 0 heterocycles. The molecule has 7 nitrogen and oxygen atoms in total. The maximum atomic E-state index is 13.3. The number of methoxy groups -OCH3 is 2. The Bertz CT molecular complexity index is 1500. The fraction of sp³-hybridized carbons (Fsp3) is 0.167. The number of hydrogen-bond donors (Lipinski definition) is 1. The molecule has 8 heteroatoms. The van der Waals surface area contributed by atoms with Gasteiger partial charge in [-0.2, -0.15) is 0 Å². The van der Waals surface area contributed by atoms with Crippen molar-refractivity contribution in [3.05, 3.63) is 119 Å². The first-order valence-corrected chi connectivity index (χ1v) is 13.4. The van der Waals surface area contributed by atoms with Gasteiger partial charge >= 0.3 is 0 Å². The molecule has 4 aromatic rings. The lowest BCUT2D eigenvalue weighted by Gasteiger charge is -2.22. The number of nitrogens with one attached hydrogen (secondary N) is 1. The van der Waals surface area contributed by atoms with Crippen LogP contribution in [0.2, 0.25) is 0 Å². The van der Waals surface area contributed by atoms with E-state index in [9.17, 15) is 13.2 Å². The van der Waals surface area contributed by atoms with E-state index in [0.29, 0.717) is 22.7 Å². The summed E-state index contributed by atoms with van der Waals surface area (Å²) in [7, 11) is 0.514. The summed E-state index contributed by atoms with van der Waals surface area (Å²) >= 11 is 0. The van der Waals surface area contributed by atoms with Gasteiger partial charge in [-0.15, -0.1) is 0 Å². The second-order valence-electron chi connectivity index (χ2n) is 8.76. The first-order valence-electron chi connectivity index (χ1n) is 12.0. The highest BCUT2D eigenvalue weighted by molar-refractivity contribution is 7.92. The second-order valence-corrected chi connectivity index (χ2v) is 10.7. The van der Waals surface area contributed by atoms with E-state index in [0.717, 1.165) is 21.0 Å². The van der Waals surface area contributed by atoms with Crippen LogP contribution < -0.4 is 19.1 Å². The topological polar surface area (TPSA) is 84.9 Å². The molecule has 0 aliphatic carbocycles. The Hall–Kier alpha value is -4.30. The van der Waals surface area contributed by atoms with Crippen molar-refractivity contribution in [2.75, 3.05) is 25.6 Å². The van der Waals surface area contributed by atoms with E-state index in [1.165, 1.54) is 33.4 Å². The minimum absolute atomic E-state index is 0.0586. The molecule has 1 N–H and O–H groups in total. The summed E-state index contributed by atoms with van der Waals surface area (Å²) in [4.78, 5) is 13.3. The molecule has 0 radical (unpaired) electrons. The highest BCUT2D eigenvalue weighted by atomic mass is 32.2. The third kappa shape index (κ3) is 5.65. The summed E-state index contributed by atoms with van der Waals surface area (Å²) in [5.74, 6) is 0.482. The van der Waals surface area contributed by atoms with Crippen molar-refractivity contribution in [3.63, 3.8) is 0 Å². The van der Waals surface area contributed by atoms with Crippen molar-refractivity contribution in [3.8, 4) is 11.5 Å². The summed E-state index contributed by atoms with van der Waals surface area (Å²) < 4.78 is 38.1. The largest absolute Gasteiger partial charge is 0.493 e. The van der Waals surface area contributed by atoms with E-state index in [1.807, 2.05) is 61.5 Å². The summed E-state index contributed by atoms with van der Waals surface area (Å²) in [5, 5.41) is 3.12. The third-order valence-corrected chi connectivity index (χ3v) is 8.11. The van der Waals surface area contributed by atoms with Gasteiger partial charge in [-0.3, -0.25) is 9.10 Å². The number of carbonyl (C=O) groups is 1. The smallest absolute Gasteiger partial charge is 0.264 e. The van der Waals surface area contributed by atoms with Gasteiger partial charge in [-0.1, -0.05) is 60.2 Å². The van der Waals surface area contributed by atoms with Crippen LogP contribution >= 0.6 is 0 Å². The SMILES string of the molecule is COc1ccc(S(=O)(=O)N(C)c2ccc(C(=O)N[C@@H](c3ccccc3)c3ccc(C)cc3)cc2)cc1OC. The van der Waals surface area contributed by atoms with Crippen LogP contribution in [-0.4, -0.2) is 35.6 Å². The molecular formula is C30H30N2O5S. The Balaban J connectivity index is 1.56. The van der Waals surface area contributed by atoms with Crippen molar-refractivity contribution in [2.45, 2.75) is 17.9 Å². The van der Waals surface area contributed by atoms with Gasteiger partial charge in [0.15, 0.2) is 11.5 Å². The van der Waals surface area contributed by atoms with Gasteiger partial charge in [0, 0.05) is 18.7 Å². The van der Waals surface area contributed by atoms with Crippen LogP contribution in [0.25, 0.3) is 0 Å². The van der Waals surface area contributed by atoms with Crippen LogP contribution in [0.1, 0.15) is 33.1 Å². The molecule has 0 spiro atoms. The van der Waals surface area contributed by atoms with E-state index in [4.69, 9.17) is 9.47 Å². The van der Waals surface area contributed by atoms with Crippen molar-refractivity contribution >= 4 is 21.6 Å². The number of hydrogen-bond acceptors (Lipinski definition) is 5. The molecule has 0 bridgehead atoms. The first kappa shape index (κ1) is 26.8. The molecule has 38 heavy (non-hydrogen) atoms. The Kier molecular flexibility index (Phi) is 8.02. The van der Waals surface area contributed by atoms with Gasteiger partial charge in [-0.05, 0) is 54.4 Å².